The number of ether oxygens (including phenoxy) is 3. The van der Waals surface area contributed by atoms with Crippen LogP contribution in [0.25, 0.3) is 16.8 Å². The van der Waals surface area contributed by atoms with Crippen LogP contribution in [0.4, 0.5) is 0 Å². The van der Waals surface area contributed by atoms with Crippen LogP contribution in [0.3, 0.4) is 0 Å². The molecular formula is C35H30N2O5S. The topological polar surface area (TPSA) is 79.1 Å². The van der Waals surface area contributed by atoms with E-state index in [1.807, 2.05) is 72.8 Å². The standard InChI is InChI=1S/C35H30N2O5S/c1-4-41-34(39)31-22(2)36-35-37(32(31)24-16-18-27(40-3)19-17-24)33(38)30(43-35)20-25-11-6-8-15-29(25)42-21-26-13-9-12-23-10-5-7-14-28(23)26/h5-20,32H,4,21H2,1-3H3/b30-20-/t32-/m0/s1. The number of methoxy groups -OCH3 is 1. The molecule has 0 radical (unpaired) electrons. The van der Waals surface area contributed by atoms with Gasteiger partial charge in [0.2, 0.25) is 0 Å². The van der Waals surface area contributed by atoms with Crippen LogP contribution in [0, 0.1) is 0 Å². The van der Waals surface area contributed by atoms with Crippen LogP contribution in [0.15, 0.2) is 112 Å². The zero-order valence-corrected chi connectivity index (χ0v) is 24.9. The second kappa shape index (κ2) is 12.1. The summed E-state index contributed by atoms with van der Waals surface area (Å²) in [5, 5.41) is 2.30. The lowest BCUT2D eigenvalue weighted by atomic mass is 9.96. The molecule has 0 fully saturated rings. The van der Waals surface area contributed by atoms with Gasteiger partial charge >= 0.3 is 5.97 Å². The molecule has 7 nitrogen and oxygen atoms in total. The number of esters is 1. The number of thiazole rings is 1. The van der Waals surface area contributed by atoms with E-state index in [4.69, 9.17) is 14.2 Å². The Kier molecular flexibility index (Phi) is 7.94. The number of aromatic nitrogens is 1. The van der Waals surface area contributed by atoms with Gasteiger partial charge in [-0.25, -0.2) is 9.79 Å². The zero-order valence-electron chi connectivity index (χ0n) is 24.1. The summed E-state index contributed by atoms with van der Waals surface area (Å²) in [7, 11) is 1.59. The number of benzene rings is 4. The molecular weight excluding hydrogens is 560 g/mol. The van der Waals surface area contributed by atoms with Gasteiger partial charge in [-0.1, -0.05) is 84.1 Å². The Labute approximate surface area is 252 Å². The molecule has 1 atom stereocenters. The number of hydrogen-bond donors (Lipinski definition) is 0. The number of rotatable bonds is 8. The maximum atomic E-state index is 14.0. The third-order valence-corrected chi connectivity index (χ3v) is 8.40. The summed E-state index contributed by atoms with van der Waals surface area (Å²) in [4.78, 5) is 32.4. The molecule has 0 N–H and O–H groups in total. The quantitative estimate of drug-likeness (QED) is 0.222. The van der Waals surface area contributed by atoms with Gasteiger partial charge in [0, 0.05) is 5.56 Å². The van der Waals surface area contributed by atoms with E-state index >= 15 is 0 Å². The zero-order chi connectivity index (χ0) is 29.9. The van der Waals surface area contributed by atoms with E-state index < -0.39 is 12.0 Å². The minimum atomic E-state index is -0.693. The maximum Gasteiger partial charge on any atom is 0.338 e. The molecule has 6 rings (SSSR count). The first kappa shape index (κ1) is 28.2. The molecule has 0 saturated carbocycles. The normalized spacial score (nSPS) is 14.8. The number of hydrogen-bond acceptors (Lipinski definition) is 7. The lowest BCUT2D eigenvalue weighted by Crippen LogP contribution is -2.39. The Morgan fingerprint density at radius 1 is 0.977 bits per heavy atom. The Bertz CT molecular complexity index is 2030. The van der Waals surface area contributed by atoms with E-state index in [0.29, 0.717) is 38.7 Å². The summed E-state index contributed by atoms with van der Waals surface area (Å²) < 4.78 is 19.1. The van der Waals surface area contributed by atoms with Gasteiger partial charge in [0.1, 0.15) is 18.1 Å². The summed E-state index contributed by atoms with van der Waals surface area (Å²) >= 11 is 1.28. The van der Waals surface area contributed by atoms with E-state index in [2.05, 4.69) is 29.3 Å². The predicted molar refractivity (Wildman–Crippen MR) is 168 cm³/mol. The van der Waals surface area contributed by atoms with Crippen LogP contribution < -0.4 is 24.4 Å². The van der Waals surface area contributed by atoms with E-state index in [1.165, 1.54) is 11.3 Å². The highest BCUT2D eigenvalue weighted by molar-refractivity contribution is 7.07. The Morgan fingerprint density at radius 2 is 1.72 bits per heavy atom. The van der Waals surface area contributed by atoms with Gasteiger partial charge in [0.15, 0.2) is 4.80 Å². The van der Waals surface area contributed by atoms with Gasteiger partial charge in [-0.3, -0.25) is 9.36 Å². The average molecular weight is 591 g/mol. The minimum absolute atomic E-state index is 0.213. The molecule has 8 heteroatoms. The summed E-state index contributed by atoms with van der Waals surface area (Å²) in [5.74, 6) is 0.844. The lowest BCUT2D eigenvalue weighted by molar-refractivity contribution is -0.139. The molecule has 1 aliphatic heterocycles. The average Bonchev–Trinajstić information content (AvgIpc) is 3.33. The first-order valence-corrected chi connectivity index (χ1v) is 14.8. The van der Waals surface area contributed by atoms with Gasteiger partial charge in [0.25, 0.3) is 5.56 Å². The fourth-order valence-corrected chi connectivity index (χ4v) is 6.38. The highest BCUT2D eigenvalue weighted by Gasteiger charge is 2.33. The van der Waals surface area contributed by atoms with Crippen LogP contribution in [0.5, 0.6) is 11.5 Å². The van der Waals surface area contributed by atoms with Crippen molar-refractivity contribution in [1.29, 1.82) is 0 Å². The van der Waals surface area contributed by atoms with Gasteiger partial charge in [-0.2, -0.15) is 0 Å². The first-order valence-electron chi connectivity index (χ1n) is 14.0. The SMILES string of the molecule is CCOC(=O)C1=C(C)N=c2s/c(=C\c3ccccc3OCc3cccc4ccccc34)c(=O)n2[C@H]1c1ccc(OC)cc1. The van der Waals surface area contributed by atoms with Gasteiger partial charge < -0.3 is 14.2 Å². The molecule has 0 spiro atoms. The van der Waals surface area contributed by atoms with Gasteiger partial charge in [-0.15, -0.1) is 0 Å². The van der Waals surface area contributed by atoms with E-state index in [0.717, 1.165) is 27.5 Å². The molecule has 0 bridgehead atoms. The predicted octanol–water partition coefficient (Wildman–Crippen LogP) is 5.54. The fraction of sp³-hybridized carbons (Fsp3) is 0.171. The molecule has 1 aromatic heterocycles. The van der Waals surface area contributed by atoms with Crippen LogP contribution in [-0.2, 0) is 16.1 Å². The third kappa shape index (κ3) is 5.49. The Hall–Kier alpha value is -4.95. The third-order valence-electron chi connectivity index (χ3n) is 7.42. The van der Waals surface area contributed by atoms with Crippen LogP contribution in [0.2, 0.25) is 0 Å². The minimum Gasteiger partial charge on any atom is -0.497 e. The fourth-order valence-electron chi connectivity index (χ4n) is 5.34. The Balaban J connectivity index is 1.41. The molecule has 0 aliphatic carbocycles. The van der Waals surface area contributed by atoms with E-state index in [9.17, 15) is 9.59 Å². The van der Waals surface area contributed by atoms with Crippen molar-refractivity contribution in [2.75, 3.05) is 13.7 Å². The molecule has 0 amide bonds. The van der Waals surface area contributed by atoms with Gasteiger partial charge in [0.05, 0.1) is 35.6 Å². The molecule has 1 aliphatic rings. The number of fused-ring (bicyclic) bond motifs is 2. The molecule has 2 heterocycles. The first-order chi connectivity index (χ1) is 21.0. The molecule has 216 valence electrons. The summed E-state index contributed by atoms with van der Waals surface area (Å²) in [5.41, 5.74) is 3.21. The van der Waals surface area contributed by atoms with Crippen LogP contribution in [0.1, 0.15) is 36.6 Å². The number of nitrogens with zero attached hydrogens (tertiary/aromatic N) is 2. The molecule has 43 heavy (non-hydrogen) atoms. The van der Waals surface area contributed by atoms with Crippen molar-refractivity contribution in [2.45, 2.75) is 26.5 Å². The summed E-state index contributed by atoms with van der Waals surface area (Å²) in [6.07, 6.45) is 1.83. The maximum absolute atomic E-state index is 14.0. The highest BCUT2D eigenvalue weighted by Crippen LogP contribution is 2.32. The number of allylic oxidation sites excluding steroid dienone is 1. The lowest BCUT2D eigenvalue weighted by Gasteiger charge is -2.24. The Morgan fingerprint density at radius 3 is 2.51 bits per heavy atom. The van der Waals surface area contributed by atoms with Crippen molar-refractivity contribution in [3.63, 3.8) is 0 Å². The highest BCUT2D eigenvalue weighted by atomic mass is 32.1. The van der Waals surface area contributed by atoms with Crippen molar-refractivity contribution in [3.05, 3.63) is 139 Å². The van der Waals surface area contributed by atoms with E-state index in [1.54, 1.807) is 25.5 Å². The van der Waals surface area contributed by atoms with Gasteiger partial charge in [-0.05, 0) is 60.0 Å². The van der Waals surface area contributed by atoms with Crippen molar-refractivity contribution < 1.29 is 19.0 Å². The van der Waals surface area contributed by atoms with Crippen LogP contribution in [-0.4, -0.2) is 24.3 Å². The van der Waals surface area contributed by atoms with Crippen molar-refractivity contribution in [2.24, 2.45) is 4.99 Å². The molecule has 5 aromatic rings. The molecule has 0 unspecified atom stereocenters. The second-order valence-corrected chi connectivity index (χ2v) is 11.0. The van der Waals surface area contributed by atoms with E-state index in [-0.39, 0.29) is 12.2 Å². The number of carbonyl (C=O) groups excluding carboxylic acids is 1. The number of carbonyl (C=O) groups is 1. The van der Waals surface area contributed by atoms with Crippen molar-refractivity contribution >= 4 is 34.2 Å². The summed E-state index contributed by atoms with van der Waals surface area (Å²) in [6.45, 7) is 4.12. The monoisotopic (exact) mass is 590 g/mol. The largest absolute Gasteiger partial charge is 0.497 e. The van der Waals surface area contributed by atoms with Crippen molar-refractivity contribution in [3.8, 4) is 11.5 Å². The number of para-hydroxylation sites is 1. The second-order valence-electron chi connectivity index (χ2n) is 10.0. The van der Waals surface area contributed by atoms with Crippen molar-refractivity contribution in [1.82, 2.24) is 4.57 Å². The van der Waals surface area contributed by atoms with Crippen LogP contribution >= 0.6 is 11.3 Å². The summed E-state index contributed by atoms with van der Waals surface area (Å²) in [6, 6.07) is 28.7. The smallest absolute Gasteiger partial charge is 0.338 e. The molecule has 0 saturated heterocycles. The molecule has 4 aromatic carbocycles.